The van der Waals surface area contributed by atoms with E-state index in [1.165, 1.54) is 24.0 Å². The lowest BCUT2D eigenvalue weighted by molar-refractivity contribution is -0.137. The summed E-state index contributed by atoms with van der Waals surface area (Å²) in [6, 6.07) is 5.15. The topological polar surface area (TPSA) is 45.8 Å². The van der Waals surface area contributed by atoms with Crippen molar-refractivity contribution in [3.63, 3.8) is 0 Å². The summed E-state index contributed by atoms with van der Waals surface area (Å²) in [6.07, 6.45) is -2.91. The zero-order valence-corrected chi connectivity index (χ0v) is 11.3. The molecule has 0 saturated heterocycles. The van der Waals surface area contributed by atoms with Gasteiger partial charge in [-0.2, -0.15) is 13.2 Å². The van der Waals surface area contributed by atoms with Gasteiger partial charge in [0.15, 0.2) is 0 Å². The van der Waals surface area contributed by atoms with Gasteiger partial charge in [0.25, 0.3) is 0 Å². The van der Waals surface area contributed by atoms with E-state index in [-0.39, 0.29) is 0 Å². The standard InChI is InChI=1S/C13H11F3N2OS/c1-8-6-17-12(19)18-11(8)20-7-9-3-2-4-10(5-9)13(14,15)16/h2-6H,7H2,1H3,(H,17,18,19). The SMILES string of the molecule is Cc1cnc(=O)[nH]c1SCc1cccc(C(F)(F)F)c1. The predicted octanol–water partition coefficient (Wildman–Crippen LogP) is 3.39. The highest BCUT2D eigenvalue weighted by Crippen LogP contribution is 2.31. The molecule has 0 radical (unpaired) electrons. The van der Waals surface area contributed by atoms with Crippen LogP contribution in [0.5, 0.6) is 0 Å². The number of alkyl halides is 3. The summed E-state index contributed by atoms with van der Waals surface area (Å²) >= 11 is 1.27. The Morgan fingerprint density at radius 1 is 1.35 bits per heavy atom. The highest BCUT2D eigenvalue weighted by atomic mass is 32.2. The lowest BCUT2D eigenvalue weighted by Crippen LogP contribution is -2.11. The molecule has 0 amide bonds. The predicted molar refractivity (Wildman–Crippen MR) is 70.6 cm³/mol. The largest absolute Gasteiger partial charge is 0.416 e. The summed E-state index contributed by atoms with van der Waals surface area (Å²) in [7, 11) is 0. The Balaban J connectivity index is 2.15. The molecular formula is C13H11F3N2OS. The van der Waals surface area contributed by atoms with Crippen molar-refractivity contribution in [1.29, 1.82) is 0 Å². The molecule has 0 bridgehead atoms. The molecule has 1 aromatic heterocycles. The smallest absolute Gasteiger partial charge is 0.300 e. The fourth-order valence-corrected chi connectivity index (χ4v) is 2.52. The second-order valence-corrected chi connectivity index (χ2v) is 5.17. The number of aromatic amines is 1. The summed E-state index contributed by atoms with van der Waals surface area (Å²) in [5, 5.41) is 0.613. The Hall–Kier alpha value is -1.76. The highest BCUT2D eigenvalue weighted by Gasteiger charge is 2.30. The lowest BCUT2D eigenvalue weighted by atomic mass is 10.1. The molecule has 0 saturated carbocycles. The lowest BCUT2D eigenvalue weighted by Gasteiger charge is -2.09. The molecule has 0 aliphatic rings. The van der Waals surface area contributed by atoms with E-state index in [0.29, 0.717) is 16.3 Å². The first-order valence-corrected chi connectivity index (χ1v) is 6.69. The average molecular weight is 300 g/mol. The number of thioether (sulfide) groups is 1. The minimum Gasteiger partial charge on any atom is -0.300 e. The van der Waals surface area contributed by atoms with Gasteiger partial charge >= 0.3 is 11.9 Å². The molecule has 1 aromatic carbocycles. The first-order chi connectivity index (χ1) is 9.36. The molecule has 0 fully saturated rings. The van der Waals surface area contributed by atoms with Gasteiger partial charge in [0, 0.05) is 11.9 Å². The third-order valence-corrected chi connectivity index (χ3v) is 3.78. The van der Waals surface area contributed by atoms with Gasteiger partial charge in [0.05, 0.1) is 10.6 Å². The Morgan fingerprint density at radius 2 is 2.10 bits per heavy atom. The van der Waals surface area contributed by atoms with Crippen LogP contribution in [0.4, 0.5) is 13.2 Å². The molecule has 2 aromatic rings. The second kappa shape index (κ2) is 5.70. The van der Waals surface area contributed by atoms with Crippen molar-refractivity contribution in [2.24, 2.45) is 0 Å². The number of nitrogens with zero attached hydrogens (tertiary/aromatic N) is 1. The minimum absolute atomic E-state index is 0.338. The Bertz CT molecular complexity index is 667. The van der Waals surface area contributed by atoms with E-state index < -0.39 is 17.4 Å². The monoisotopic (exact) mass is 300 g/mol. The quantitative estimate of drug-likeness (QED) is 0.698. The Labute approximate surface area is 117 Å². The van der Waals surface area contributed by atoms with Crippen molar-refractivity contribution >= 4 is 11.8 Å². The number of aryl methyl sites for hydroxylation is 1. The molecule has 0 spiro atoms. The number of benzene rings is 1. The molecule has 0 unspecified atom stereocenters. The van der Waals surface area contributed by atoms with Crippen molar-refractivity contribution in [3.8, 4) is 0 Å². The van der Waals surface area contributed by atoms with Crippen LogP contribution in [0.2, 0.25) is 0 Å². The first-order valence-electron chi connectivity index (χ1n) is 5.71. The van der Waals surface area contributed by atoms with E-state index in [1.54, 1.807) is 13.0 Å². The van der Waals surface area contributed by atoms with Crippen LogP contribution in [0.15, 0.2) is 40.3 Å². The maximum Gasteiger partial charge on any atom is 0.416 e. The van der Waals surface area contributed by atoms with Gasteiger partial charge in [-0.15, -0.1) is 11.8 Å². The molecule has 1 N–H and O–H groups in total. The number of aromatic nitrogens is 2. The number of hydrogen-bond acceptors (Lipinski definition) is 3. The van der Waals surface area contributed by atoms with Gasteiger partial charge in [-0.3, -0.25) is 0 Å². The molecule has 0 aliphatic heterocycles. The molecule has 2 rings (SSSR count). The van der Waals surface area contributed by atoms with Crippen molar-refractivity contribution in [3.05, 3.63) is 57.6 Å². The maximum atomic E-state index is 12.6. The summed E-state index contributed by atoms with van der Waals surface area (Å²) in [5.41, 5.74) is 0.182. The maximum absolute atomic E-state index is 12.6. The van der Waals surface area contributed by atoms with Crippen LogP contribution in [-0.4, -0.2) is 9.97 Å². The minimum atomic E-state index is -4.35. The van der Waals surface area contributed by atoms with Gasteiger partial charge < -0.3 is 4.98 Å². The van der Waals surface area contributed by atoms with Gasteiger partial charge in [-0.1, -0.05) is 18.2 Å². The normalized spacial score (nSPS) is 11.6. The van der Waals surface area contributed by atoms with E-state index in [1.807, 2.05) is 0 Å². The van der Waals surface area contributed by atoms with E-state index in [2.05, 4.69) is 9.97 Å². The molecule has 7 heteroatoms. The van der Waals surface area contributed by atoms with Gasteiger partial charge in [0.2, 0.25) is 0 Å². The first kappa shape index (κ1) is 14.6. The van der Waals surface area contributed by atoms with Gasteiger partial charge in [-0.25, -0.2) is 9.78 Å². The second-order valence-electron chi connectivity index (χ2n) is 4.19. The van der Waals surface area contributed by atoms with Crippen molar-refractivity contribution in [1.82, 2.24) is 9.97 Å². The number of nitrogens with one attached hydrogen (secondary N) is 1. The van der Waals surface area contributed by atoms with Crippen LogP contribution >= 0.6 is 11.8 Å². The Kier molecular flexibility index (Phi) is 4.17. The van der Waals surface area contributed by atoms with E-state index in [9.17, 15) is 18.0 Å². The van der Waals surface area contributed by atoms with Crippen LogP contribution in [0, 0.1) is 6.92 Å². The molecule has 20 heavy (non-hydrogen) atoms. The molecule has 0 aliphatic carbocycles. The van der Waals surface area contributed by atoms with Crippen molar-refractivity contribution < 1.29 is 13.2 Å². The van der Waals surface area contributed by atoms with Crippen molar-refractivity contribution in [2.75, 3.05) is 0 Å². The third-order valence-electron chi connectivity index (χ3n) is 2.59. The van der Waals surface area contributed by atoms with E-state index >= 15 is 0 Å². The summed E-state index contributed by atoms with van der Waals surface area (Å²) in [4.78, 5) is 17.2. The number of halogens is 3. The van der Waals surface area contributed by atoms with E-state index in [4.69, 9.17) is 0 Å². The zero-order valence-electron chi connectivity index (χ0n) is 10.5. The molecule has 1 heterocycles. The van der Waals surface area contributed by atoms with Crippen LogP contribution in [0.3, 0.4) is 0 Å². The third kappa shape index (κ3) is 3.63. The number of rotatable bonds is 3. The molecule has 106 valence electrons. The van der Waals surface area contributed by atoms with Crippen molar-refractivity contribution in [2.45, 2.75) is 23.9 Å². The van der Waals surface area contributed by atoms with E-state index in [0.717, 1.165) is 17.7 Å². The number of H-pyrrole nitrogens is 1. The van der Waals surface area contributed by atoms with Crippen LogP contribution in [0.1, 0.15) is 16.7 Å². The van der Waals surface area contributed by atoms with Crippen LogP contribution < -0.4 is 5.69 Å². The zero-order chi connectivity index (χ0) is 14.8. The molecule has 3 nitrogen and oxygen atoms in total. The molecule has 0 atom stereocenters. The van der Waals surface area contributed by atoms with Gasteiger partial charge in [0.1, 0.15) is 0 Å². The average Bonchev–Trinajstić information content (AvgIpc) is 2.39. The van der Waals surface area contributed by atoms with Gasteiger partial charge in [-0.05, 0) is 24.1 Å². The molecular weight excluding hydrogens is 289 g/mol. The Morgan fingerprint density at radius 3 is 2.80 bits per heavy atom. The van der Waals surface area contributed by atoms with Crippen LogP contribution in [-0.2, 0) is 11.9 Å². The summed E-state index contributed by atoms with van der Waals surface area (Å²) in [5.74, 6) is 0.338. The fraction of sp³-hybridized carbons (Fsp3) is 0.231. The number of hydrogen-bond donors (Lipinski definition) is 1. The summed E-state index contributed by atoms with van der Waals surface area (Å²) in [6.45, 7) is 1.78. The fourth-order valence-electron chi connectivity index (χ4n) is 1.58. The highest BCUT2D eigenvalue weighted by molar-refractivity contribution is 7.98. The summed E-state index contributed by atoms with van der Waals surface area (Å²) < 4.78 is 37.8. The van der Waals surface area contributed by atoms with Crippen LogP contribution in [0.25, 0.3) is 0 Å².